The fraction of sp³-hybridized carbons (Fsp3) is 0.200. The van der Waals surface area contributed by atoms with Crippen LogP contribution in [-0.2, 0) is 4.79 Å². The van der Waals surface area contributed by atoms with E-state index >= 15 is 0 Å². The number of carbonyl (C=O) groups excluding carboxylic acids is 1. The van der Waals surface area contributed by atoms with E-state index in [0.717, 1.165) is 27.8 Å². The van der Waals surface area contributed by atoms with Crippen molar-refractivity contribution in [3.8, 4) is 11.4 Å². The molecule has 0 bridgehead atoms. The van der Waals surface area contributed by atoms with Crippen molar-refractivity contribution < 1.29 is 9.53 Å². The van der Waals surface area contributed by atoms with Gasteiger partial charge in [0.2, 0.25) is 5.91 Å². The van der Waals surface area contributed by atoms with Crippen LogP contribution in [0.3, 0.4) is 0 Å². The number of aryl methyl sites for hydroxylation is 1. The van der Waals surface area contributed by atoms with E-state index in [1.807, 2.05) is 73.1 Å². The van der Waals surface area contributed by atoms with Gasteiger partial charge in [0.15, 0.2) is 5.16 Å². The second-order valence-corrected chi connectivity index (χ2v) is 7.15. The van der Waals surface area contributed by atoms with Gasteiger partial charge in [-0.1, -0.05) is 36.0 Å². The first-order chi connectivity index (χ1) is 12.6. The summed E-state index contributed by atoms with van der Waals surface area (Å²) in [6.45, 7) is 3.85. The maximum absolute atomic E-state index is 12.6. The molecule has 1 unspecified atom stereocenters. The van der Waals surface area contributed by atoms with Crippen LogP contribution in [0.15, 0.2) is 66.1 Å². The second-order valence-electron chi connectivity index (χ2n) is 5.85. The Labute approximate surface area is 157 Å². The Kier molecular flexibility index (Phi) is 5.63. The van der Waals surface area contributed by atoms with E-state index in [0.29, 0.717) is 0 Å². The van der Waals surface area contributed by atoms with Crippen molar-refractivity contribution >= 4 is 23.4 Å². The van der Waals surface area contributed by atoms with Crippen LogP contribution in [0, 0.1) is 6.92 Å². The minimum absolute atomic E-state index is 0.0514. The number of nitrogens with zero attached hydrogens (tertiary/aromatic N) is 2. The van der Waals surface area contributed by atoms with E-state index in [4.69, 9.17) is 4.74 Å². The van der Waals surface area contributed by atoms with Crippen molar-refractivity contribution in [2.45, 2.75) is 24.3 Å². The molecule has 6 heteroatoms. The minimum Gasteiger partial charge on any atom is -0.497 e. The predicted molar refractivity (Wildman–Crippen MR) is 105 cm³/mol. The van der Waals surface area contributed by atoms with Crippen LogP contribution in [0.4, 0.5) is 5.69 Å². The number of aromatic nitrogens is 2. The molecule has 5 nitrogen and oxygen atoms in total. The highest BCUT2D eigenvalue weighted by molar-refractivity contribution is 8.00. The summed E-state index contributed by atoms with van der Waals surface area (Å²) in [5.41, 5.74) is 2.81. The van der Waals surface area contributed by atoms with Crippen LogP contribution in [0.5, 0.6) is 5.75 Å². The molecule has 0 spiro atoms. The molecule has 26 heavy (non-hydrogen) atoms. The van der Waals surface area contributed by atoms with E-state index in [9.17, 15) is 4.79 Å². The summed E-state index contributed by atoms with van der Waals surface area (Å²) in [5, 5.41) is 3.45. The van der Waals surface area contributed by atoms with Gasteiger partial charge in [-0.05, 0) is 37.6 Å². The molecule has 1 N–H and O–H groups in total. The van der Waals surface area contributed by atoms with Crippen LogP contribution < -0.4 is 10.1 Å². The highest BCUT2D eigenvalue weighted by Gasteiger charge is 2.18. The van der Waals surface area contributed by atoms with Crippen LogP contribution in [0.2, 0.25) is 0 Å². The number of amides is 1. The van der Waals surface area contributed by atoms with Gasteiger partial charge < -0.3 is 10.1 Å². The molecule has 0 radical (unpaired) electrons. The number of thioether (sulfide) groups is 1. The Morgan fingerprint density at radius 3 is 2.81 bits per heavy atom. The standard InChI is InChI=1S/C20H21N3O2S/c1-14-7-4-5-10-18(14)22-19(24)15(2)26-20-21-11-12-23(20)16-8-6-9-17(13-16)25-3/h4-13,15H,1-3H3,(H,22,24). The molecular formula is C20H21N3O2S. The van der Waals surface area contributed by atoms with Gasteiger partial charge in [-0.3, -0.25) is 9.36 Å². The lowest BCUT2D eigenvalue weighted by atomic mass is 10.2. The minimum atomic E-state index is -0.290. The molecule has 1 aromatic heterocycles. The number of ether oxygens (including phenoxy) is 1. The van der Waals surface area contributed by atoms with Crippen molar-refractivity contribution in [3.05, 3.63) is 66.5 Å². The number of benzene rings is 2. The fourth-order valence-electron chi connectivity index (χ4n) is 2.49. The van der Waals surface area contributed by atoms with Crippen LogP contribution >= 0.6 is 11.8 Å². The monoisotopic (exact) mass is 367 g/mol. The third kappa shape index (κ3) is 4.08. The van der Waals surface area contributed by atoms with E-state index in [1.165, 1.54) is 11.8 Å². The second kappa shape index (κ2) is 8.10. The Balaban J connectivity index is 1.74. The number of carbonyl (C=O) groups is 1. The first-order valence-electron chi connectivity index (χ1n) is 8.29. The van der Waals surface area contributed by atoms with Gasteiger partial charge in [0.25, 0.3) is 0 Å². The molecule has 3 aromatic rings. The summed E-state index contributed by atoms with van der Waals surface area (Å²) in [4.78, 5) is 17.0. The predicted octanol–water partition coefficient (Wildman–Crippen LogP) is 4.31. The lowest BCUT2D eigenvalue weighted by Crippen LogP contribution is -2.23. The summed E-state index contributed by atoms with van der Waals surface area (Å²) in [6, 6.07) is 15.5. The average Bonchev–Trinajstić information content (AvgIpc) is 3.11. The molecule has 0 aliphatic rings. The lowest BCUT2D eigenvalue weighted by Gasteiger charge is -2.14. The number of imidazole rings is 1. The first-order valence-corrected chi connectivity index (χ1v) is 9.17. The van der Waals surface area contributed by atoms with Crippen molar-refractivity contribution in [2.75, 3.05) is 12.4 Å². The van der Waals surface area contributed by atoms with Crippen LogP contribution in [0.25, 0.3) is 5.69 Å². The largest absolute Gasteiger partial charge is 0.497 e. The first kappa shape index (κ1) is 18.1. The van der Waals surface area contributed by atoms with Crippen molar-refractivity contribution in [2.24, 2.45) is 0 Å². The third-order valence-electron chi connectivity index (χ3n) is 3.99. The number of hydrogen-bond acceptors (Lipinski definition) is 4. The average molecular weight is 367 g/mol. The Morgan fingerprint density at radius 2 is 2.04 bits per heavy atom. The number of nitrogens with one attached hydrogen (secondary N) is 1. The van der Waals surface area contributed by atoms with Gasteiger partial charge in [-0.2, -0.15) is 0 Å². The van der Waals surface area contributed by atoms with E-state index in [-0.39, 0.29) is 11.2 Å². The Hall–Kier alpha value is -2.73. The zero-order valence-electron chi connectivity index (χ0n) is 15.0. The van der Waals surface area contributed by atoms with Gasteiger partial charge >= 0.3 is 0 Å². The molecule has 0 aliphatic heterocycles. The number of anilines is 1. The molecule has 134 valence electrons. The molecule has 1 heterocycles. The Bertz CT molecular complexity index is 907. The fourth-order valence-corrected chi connectivity index (χ4v) is 3.38. The molecule has 1 amide bonds. The Morgan fingerprint density at radius 1 is 1.23 bits per heavy atom. The summed E-state index contributed by atoms with van der Waals surface area (Å²) in [7, 11) is 1.64. The summed E-state index contributed by atoms with van der Waals surface area (Å²) in [6.07, 6.45) is 3.61. The van der Waals surface area contributed by atoms with Gasteiger partial charge in [0.05, 0.1) is 18.0 Å². The normalized spacial score (nSPS) is 11.8. The molecule has 0 aliphatic carbocycles. The zero-order valence-corrected chi connectivity index (χ0v) is 15.8. The van der Waals surface area contributed by atoms with Gasteiger partial charge in [-0.15, -0.1) is 0 Å². The van der Waals surface area contributed by atoms with E-state index in [1.54, 1.807) is 13.3 Å². The molecule has 2 aromatic carbocycles. The van der Waals surface area contributed by atoms with Crippen LogP contribution in [0.1, 0.15) is 12.5 Å². The molecular weight excluding hydrogens is 346 g/mol. The molecule has 0 saturated carbocycles. The van der Waals surface area contributed by atoms with Crippen molar-refractivity contribution in [3.63, 3.8) is 0 Å². The quantitative estimate of drug-likeness (QED) is 0.660. The smallest absolute Gasteiger partial charge is 0.237 e. The molecule has 0 fully saturated rings. The maximum Gasteiger partial charge on any atom is 0.237 e. The summed E-state index contributed by atoms with van der Waals surface area (Å²) in [5.74, 6) is 0.724. The number of hydrogen-bond donors (Lipinski definition) is 1. The van der Waals surface area contributed by atoms with Gasteiger partial charge in [0, 0.05) is 24.1 Å². The number of rotatable bonds is 6. The van der Waals surface area contributed by atoms with E-state index in [2.05, 4.69) is 10.3 Å². The topological polar surface area (TPSA) is 56.2 Å². The summed E-state index contributed by atoms with van der Waals surface area (Å²) < 4.78 is 7.23. The summed E-state index contributed by atoms with van der Waals surface area (Å²) >= 11 is 1.42. The zero-order chi connectivity index (χ0) is 18.5. The third-order valence-corrected chi connectivity index (χ3v) is 5.07. The number of para-hydroxylation sites is 1. The maximum atomic E-state index is 12.6. The highest BCUT2D eigenvalue weighted by atomic mass is 32.2. The van der Waals surface area contributed by atoms with Gasteiger partial charge in [-0.25, -0.2) is 4.98 Å². The highest BCUT2D eigenvalue weighted by Crippen LogP contribution is 2.27. The lowest BCUT2D eigenvalue weighted by molar-refractivity contribution is -0.115. The number of methoxy groups -OCH3 is 1. The molecule has 1 atom stereocenters. The van der Waals surface area contributed by atoms with Crippen LogP contribution in [-0.4, -0.2) is 27.8 Å². The van der Waals surface area contributed by atoms with E-state index < -0.39 is 0 Å². The van der Waals surface area contributed by atoms with Crippen molar-refractivity contribution in [1.82, 2.24) is 9.55 Å². The molecule has 3 rings (SSSR count). The SMILES string of the molecule is COc1cccc(-n2ccnc2SC(C)C(=O)Nc2ccccc2C)c1. The van der Waals surface area contributed by atoms with Gasteiger partial charge in [0.1, 0.15) is 5.75 Å². The van der Waals surface area contributed by atoms with Crippen molar-refractivity contribution in [1.29, 1.82) is 0 Å². The molecule has 0 saturated heterocycles.